The van der Waals surface area contributed by atoms with E-state index < -0.39 is 0 Å². The quantitative estimate of drug-likeness (QED) is 0.699. The van der Waals surface area contributed by atoms with Gasteiger partial charge in [-0.05, 0) is 17.7 Å². The Morgan fingerprint density at radius 1 is 1.07 bits per heavy atom. The van der Waals surface area contributed by atoms with Gasteiger partial charge in [0.25, 0.3) is 0 Å². The molecular weight excluding hydrogens is 348 g/mol. The Bertz CT molecular complexity index is 1050. The van der Waals surface area contributed by atoms with Crippen molar-refractivity contribution in [2.75, 3.05) is 31.2 Å². The van der Waals surface area contributed by atoms with Gasteiger partial charge in [-0.2, -0.15) is 5.10 Å². The highest BCUT2D eigenvalue weighted by molar-refractivity contribution is 5.73. The Balaban J connectivity index is 1.57. The van der Waals surface area contributed by atoms with E-state index in [9.17, 15) is 0 Å². The maximum atomic E-state index is 5.55. The molecule has 0 bridgehead atoms. The lowest BCUT2D eigenvalue weighted by Crippen LogP contribution is -2.37. The number of rotatable bonds is 4. The van der Waals surface area contributed by atoms with Crippen LogP contribution in [0.15, 0.2) is 66.9 Å². The molecule has 3 aromatic rings. The van der Waals surface area contributed by atoms with Crippen LogP contribution in [0.4, 0.5) is 5.69 Å². The maximum Gasteiger partial charge on any atom is 0.156 e. The van der Waals surface area contributed by atoms with Crippen LogP contribution in [0, 0.1) is 0 Å². The Morgan fingerprint density at radius 3 is 2.68 bits per heavy atom. The van der Waals surface area contributed by atoms with E-state index in [1.54, 1.807) is 0 Å². The number of allylic oxidation sites excluding steroid dienone is 2. The molecule has 3 heterocycles. The van der Waals surface area contributed by atoms with Gasteiger partial charge in [-0.1, -0.05) is 43.0 Å². The highest BCUT2D eigenvalue weighted by Gasteiger charge is 2.23. The first kappa shape index (κ1) is 17.0. The van der Waals surface area contributed by atoms with Crippen LogP contribution in [0.5, 0.6) is 0 Å². The largest absolute Gasteiger partial charge is 0.378 e. The molecule has 0 spiro atoms. The molecule has 5 nitrogen and oxygen atoms in total. The number of hydrogen-bond donors (Lipinski definition) is 0. The van der Waals surface area contributed by atoms with Crippen molar-refractivity contribution >= 4 is 11.8 Å². The SMILES string of the molecule is C=CC1=Cc2nc(-n3ccc(-c4ccccc4)n3)cc(N3CCOCC3)c2C1. The zero-order chi connectivity index (χ0) is 18.9. The number of hydrogen-bond acceptors (Lipinski definition) is 4. The monoisotopic (exact) mass is 370 g/mol. The summed E-state index contributed by atoms with van der Waals surface area (Å²) in [5.41, 5.74) is 6.78. The van der Waals surface area contributed by atoms with E-state index in [0.29, 0.717) is 0 Å². The van der Waals surface area contributed by atoms with E-state index in [4.69, 9.17) is 14.8 Å². The smallest absolute Gasteiger partial charge is 0.156 e. The van der Waals surface area contributed by atoms with E-state index in [1.807, 2.05) is 41.2 Å². The molecule has 0 amide bonds. The summed E-state index contributed by atoms with van der Waals surface area (Å²) in [6.45, 7) is 7.25. The van der Waals surface area contributed by atoms with Crippen molar-refractivity contribution in [1.29, 1.82) is 0 Å². The number of aromatic nitrogens is 3. The van der Waals surface area contributed by atoms with Crippen LogP contribution in [-0.2, 0) is 11.2 Å². The second-order valence-corrected chi connectivity index (χ2v) is 7.07. The zero-order valence-corrected chi connectivity index (χ0v) is 15.7. The van der Waals surface area contributed by atoms with Crippen LogP contribution in [0.3, 0.4) is 0 Å². The number of nitrogens with zero attached hydrogens (tertiary/aromatic N) is 4. The first-order valence-corrected chi connectivity index (χ1v) is 9.63. The Labute approximate surface area is 164 Å². The Hall–Kier alpha value is -3.18. The van der Waals surface area contributed by atoms with Crippen LogP contribution in [0.2, 0.25) is 0 Å². The molecular formula is C23H22N4O. The number of pyridine rings is 1. The molecule has 1 aromatic carbocycles. The van der Waals surface area contributed by atoms with Crippen molar-refractivity contribution in [3.05, 3.63) is 78.1 Å². The van der Waals surface area contributed by atoms with E-state index in [0.717, 1.165) is 55.5 Å². The molecule has 5 rings (SSSR count). The van der Waals surface area contributed by atoms with Crippen molar-refractivity contribution in [1.82, 2.24) is 14.8 Å². The fourth-order valence-corrected chi connectivity index (χ4v) is 3.84. The van der Waals surface area contributed by atoms with Crippen LogP contribution in [-0.4, -0.2) is 41.1 Å². The maximum absolute atomic E-state index is 5.55. The summed E-state index contributed by atoms with van der Waals surface area (Å²) in [6, 6.07) is 14.4. The summed E-state index contributed by atoms with van der Waals surface area (Å²) >= 11 is 0. The van der Waals surface area contributed by atoms with Gasteiger partial charge < -0.3 is 9.64 Å². The summed E-state index contributed by atoms with van der Waals surface area (Å²) in [5, 5.41) is 4.77. The third-order valence-corrected chi connectivity index (χ3v) is 5.33. The molecule has 1 saturated heterocycles. The Kier molecular flexibility index (Phi) is 4.29. The minimum Gasteiger partial charge on any atom is -0.378 e. The number of fused-ring (bicyclic) bond motifs is 1. The van der Waals surface area contributed by atoms with Crippen LogP contribution >= 0.6 is 0 Å². The first-order chi connectivity index (χ1) is 13.8. The summed E-state index contributed by atoms with van der Waals surface area (Å²) in [4.78, 5) is 7.30. The first-order valence-electron chi connectivity index (χ1n) is 9.63. The molecule has 2 aliphatic rings. The lowest BCUT2D eigenvalue weighted by atomic mass is 10.1. The van der Waals surface area contributed by atoms with Gasteiger partial charge in [-0.15, -0.1) is 0 Å². The highest BCUT2D eigenvalue weighted by Crippen LogP contribution is 2.34. The lowest BCUT2D eigenvalue weighted by molar-refractivity contribution is 0.122. The predicted octanol–water partition coefficient (Wildman–Crippen LogP) is 3.90. The molecule has 0 saturated carbocycles. The van der Waals surface area contributed by atoms with E-state index in [1.165, 1.54) is 16.8 Å². The summed E-state index contributed by atoms with van der Waals surface area (Å²) < 4.78 is 7.41. The van der Waals surface area contributed by atoms with Gasteiger partial charge in [-0.25, -0.2) is 9.67 Å². The fourth-order valence-electron chi connectivity index (χ4n) is 3.84. The third-order valence-electron chi connectivity index (χ3n) is 5.33. The van der Waals surface area contributed by atoms with Crippen molar-refractivity contribution in [2.45, 2.75) is 6.42 Å². The van der Waals surface area contributed by atoms with Crippen molar-refractivity contribution in [3.63, 3.8) is 0 Å². The minimum absolute atomic E-state index is 0.758. The molecule has 140 valence electrons. The van der Waals surface area contributed by atoms with Crippen molar-refractivity contribution in [2.24, 2.45) is 0 Å². The normalized spacial score (nSPS) is 16.0. The lowest BCUT2D eigenvalue weighted by Gasteiger charge is -2.30. The number of anilines is 1. The molecule has 1 aliphatic heterocycles. The van der Waals surface area contributed by atoms with Gasteiger partial charge in [0.15, 0.2) is 5.82 Å². The zero-order valence-electron chi connectivity index (χ0n) is 15.7. The third kappa shape index (κ3) is 3.04. The molecule has 2 aromatic heterocycles. The van der Waals surface area contributed by atoms with Crippen LogP contribution < -0.4 is 4.90 Å². The second-order valence-electron chi connectivity index (χ2n) is 7.07. The standard InChI is InChI=1S/C23H22N4O/c1-2-17-14-19-21(15-17)24-23(16-22(19)26-10-12-28-13-11-26)27-9-8-20(25-27)18-6-4-3-5-7-18/h2-9,15-16H,1,10-14H2. The molecule has 1 fully saturated rings. The summed E-state index contributed by atoms with van der Waals surface area (Å²) in [5.74, 6) is 0.837. The average molecular weight is 370 g/mol. The van der Waals surface area contributed by atoms with Crippen LogP contribution in [0.25, 0.3) is 23.2 Å². The predicted molar refractivity (Wildman–Crippen MR) is 112 cm³/mol. The molecule has 28 heavy (non-hydrogen) atoms. The summed E-state index contributed by atoms with van der Waals surface area (Å²) in [7, 11) is 0. The minimum atomic E-state index is 0.758. The Morgan fingerprint density at radius 2 is 1.89 bits per heavy atom. The van der Waals surface area contributed by atoms with Crippen LogP contribution in [0.1, 0.15) is 11.3 Å². The molecule has 1 aliphatic carbocycles. The van der Waals surface area contributed by atoms with Gasteiger partial charge in [0.1, 0.15) is 0 Å². The number of morpholine rings is 1. The second kappa shape index (κ2) is 7.09. The molecule has 0 unspecified atom stereocenters. The average Bonchev–Trinajstić information content (AvgIpc) is 3.41. The fraction of sp³-hybridized carbons (Fsp3) is 0.217. The number of ether oxygens (including phenoxy) is 1. The van der Waals surface area contributed by atoms with Crippen molar-refractivity contribution in [3.8, 4) is 17.1 Å². The topological polar surface area (TPSA) is 43.2 Å². The molecule has 0 atom stereocenters. The van der Waals surface area contributed by atoms with Gasteiger partial charge in [0, 0.05) is 48.6 Å². The van der Waals surface area contributed by atoms with E-state index >= 15 is 0 Å². The molecule has 0 radical (unpaired) electrons. The molecule has 5 heteroatoms. The summed E-state index contributed by atoms with van der Waals surface area (Å²) in [6.07, 6.45) is 6.92. The number of benzene rings is 1. The van der Waals surface area contributed by atoms with Gasteiger partial charge in [-0.3, -0.25) is 0 Å². The molecule has 0 N–H and O–H groups in total. The highest BCUT2D eigenvalue weighted by atomic mass is 16.5. The van der Waals surface area contributed by atoms with E-state index in [-0.39, 0.29) is 0 Å². The van der Waals surface area contributed by atoms with E-state index in [2.05, 4.69) is 35.8 Å². The van der Waals surface area contributed by atoms with Gasteiger partial charge >= 0.3 is 0 Å². The van der Waals surface area contributed by atoms with Gasteiger partial charge in [0.2, 0.25) is 0 Å². The van der Waals surface area contributed by atoms with Gasteiger partial charge in [0.05, 0.1) is 24.6 Å². The van der Waals surface area contributed by atoms with Crippen molar-refractivity contribution < 1.29 is 4.74 Å².